The van der Waals surface area contributed by atoms with Gasteiger partial charge >= 0.3 is 0 Å². The summed E-state index contributed by atoms with van der Waals surface area (Å²) >= 11 is 0. The maximum Gasteiger partial charge on any atom is -0.0256 e. The molecule has 0 heteroatoms. The number of benzene rings is 2. The minimum atomic E-state index is 1.22. The van der Waals surface area contributed by atoms with Gasteiger partial charge in [0.1, 0.15) is 0 Å². The molecular formula is C34H52. The molecule has 34 heavy (non-hydrogen) atoms. The molecule has 2 aromatic carbocycles. The fourth-order valence-corrected chi connectivity index (χ4v) is 4.78. The van der Waals surface area contributed by atoms with Gasteiger partial charge < -0.3 is 0 Å². The van der Waals surface area contributed by atoms with Crippen LogP contribution < -0.4 is 0 Å². The topological polar surface area (TPSA) is 0 Å². The molecule has 0 aromatic heterocycles. The van der Waals surface area contributed by atoms with E-state index in [1.165, 1.54) is 139 Å². The summed E-state index contributed by atoms with van der Waals surface area (Å²) in [5.74, 6) is 0. The molecule has 188 valence electrons. The van der Waals surface area contributed by atoms with Crippen molar-refractivity contribution in [2.24, 2.45) is 0 Å². The highest BCUT2D eigenvalue weighted by atomic mass is 14.0. The van der Waals surface area contributed by atoms with Gasteiger partial charge in [-0.25, -0.2) is 0 Å². The Labute approximate surface area is 212 Å². The normalized spacial score (nSPS) is 11.4. The van der Waals surface area contributed by atoms with Gasteiger partial charge in [0, 0.05) is 0 Å². The number of hydrogen-bond acceptors (Lipinski definition) is 0. The van der Waals surface area contributed by atoms with Crippen LogP contribution in [0.1, 0.15) is 139 Å². The lowest BCUT2D eigenvalue weighted by Gasteiger charge is -2.04. The molecule has 0 saturated heterocycles. The van der Waals surface area contributed by atoms with Crippen molar-refractivity contribution in [1.29, 1.82) is 0 Å². The molecule has 0 N–H and O–H groups in total. The summed E-state index contributed by atoms with van der Waals surface area (Å²) in [6.45, 7) is 2.30. The second kappa shape index (κ2) is 20.5. The van der Waals surface area contributed by atoms with Gasteiger partial charge in [-0.1, -0.05) is 183 Å². The lowest BCUT2D eigenvalue weighted by Crippen LogP contribution is -1.87. The third kappa shape index (κ3) is 15.2. The van der Waals surface area contributed by atoms with E-state index in [1.54, 1.807) is 0 Å². The van der Waals surface area contributed by atoms with Crippen LogP contribution in [0, 0.1) is 0 Å². The van der Waals surface area contributed by atoms with Crippen molar-refractivity contribution in [3.05, 3.63) is 71.3 Å². The van der Waals surface area contributed by atoms with E-state index in [4.69, 9.17) is 0 Å². The van der Waals surface area contributed by atoms with Gasteiger partial charge in [-0.2, -0.15) is 0 Å². The number of hydrogen-bond donors (Lipinski definition) is 0. The molecule has 0 heterocycles. The molecule has 0 bridgehead atoms. The van der Waals surface area contributed by atoms with E-state index in [0.717, 1.165) is 0 Å². The van der Waals surface area contributed by atoms with Crippen LogP contribution >= 0.6 is 0 Å². The molecule has 0 fully saturated rings. The molecule has 0 aliphatic rings. The zero-order valence-electron chi connectivity index (χ0n) is 22.3. The Kier molecular flexibility index (Phi) is 17.2. The summed E-state index contributed by atoms with van der Waals surface area (Å²) in [6, 6.07) is 19.6. The maximum atomic E-state index is 2.30. The average Bonchev–Trinajstić information content (AvgIpc) is 2.88. The van der Waals surface area contributed by atoms with Crippen LogP contribution in [0.4, 0.5) is 0 Å². The lowest BCUT2D eigenvalue weighted by atomic mass is 10.0. The van der Waals surface area contributed by atoms with Gasteiger partial charge in [-0.15, -0.1) is 0 Å². The molecule has 0 nitrogen and oxygen atoms in total. The highest BCUT2D eigenvalue weighted by Gasteiger charge is 1.97. The Morgan fingerprint density at radius 2 is 0.794 bits per heavy atom. The number of unbranched alkanes of at least 4 members (excludes halogenated alkanes) is 17. The van der Waals surface area contributed by atoms with E-state index in [-0.39, 0.29) is 0 Å². The van der Waals surface area contributed by atoms with E-state index in [9.17, 15) is 0 Å². The number of rotatable bonds is 21. The van der Waals surface area contributed by atoms with Crippen LogP contribution in [-0.4, -0.2) is 0 Å². The Hall–Kier alpha value is -1.82. The highest BCUT2D eigenvalue weighted by molar-refractivity contribution is 5.69. The Morgan fingerprint density at radius 1 is 0.412 bits per heavy atom. The van der Waals surface area contributed by atoms with E-state index in [0.29, 0.717) is 0 Å². The quantitative estimate of drug-likeness (QED) is 0.128. The van der Waals surface area contributed by atoms with Gasteiger partial charge in [-0.3, -0.25) is 0 Å². The van der Waals surface area contributed by atoms with Gasteiger partial charge in [0.15, 0.2) is 0 Å². The average molecular weight is 461 g/mol. The first-order chi connectivity index (χ1) is 16.9. The van der Waals surface area contributed by atoms with Crippen LogP contribution in [0.2, 0.25) is 0 Å². The summed E-state index contributed by atoms with van der Waals surface area (Å²) < 4.78 is 0. The molecular weight excluding hydrogens is 408 g/mol. The fraction of sp³-hybridized carbons (Fsp3) is 0.588. The Morgan fingerprint density at radius 3 is 1.24 bits per heavy atom. The van der Waals surface area contributed by atoms with E-state index < -0.39 is 0 Å². The lowest BCUT2D eigenvalue weighted by molar-refractivity contribution is 0.525. The molecule has 0 aliphatic heterocycles. The minimum absolute atomic E-state index is 1.22. The van der Waals surface area contributed by atoms with Gasteiger partial charge in [-0.05, 0) is 29.5 Å². The molecule has 0 unspecified atom stereocenters. The van der Waals surface area contributed by atoms with Crippen molar-refractivity contribution >= 4 is 12.2 Å². The first-order valence-corrected chi connectivity index (χ1v) is 14.7. The van der Waals surface area contributed by atoms with Crippen molar-refractivity contribution in [3.8, 4) is 0 Å². The Bertz CT molecular complexity index is 709. The van der Waals surface area contributed by atoms with Crippen molar-refractivity contribution in [3.63, 3.8) is 0 Å². The zero-order chi connectivity index (χ0) is 23.9. The first kappa shape index (κ1) is 28.4. The molecule has 0 aliphatic carbocycles. The minimum Gasteiger partial charge on any atom is -0.0654 e. The van der Waals surface area contributed by atoms with E-state index >= 15 is 0 Å². The summed E-state index contributed by atoms with van der Waals surface area (Å²) in [5.41, 5.74) is 4.02. The number of aryl methyl sites for hydroxylation is 1. The monoisotopic (exact) mass is 460 g/mol. The summed E-state index contributed by atoms with van der Waals surface area (Å²) in [6.07, 6.45) is 31.6. The maximum absolute atomic E-state index is 2.30. The van der Waals surface area contributed by atoms with E-state index in [2.05, 4.69) is 73.7 Å². The van der Waals surface area contributed by atoms with Gasteiger partial charge in [0.05, 0.1) is 0 Å². The summed E-state index contributed by atoms with van der Waals surface area (Å²) in [7, 11) is 0. The molecule has 0 saturated carbocycles. The van der Waals surface area contributed by atoms with Crippen LogP contribution in [0.25, 0.3) is 12.2 Å². The first-order valence-electron chi connectivity index (χ1n) is 14.7. The van der Waals surface area contributed by atoms with Crippen LogP contribution in [-0.2, 0) is 6.42 Å². The van der Waals surface area contributed by atoms with Crippen molar-refractivity contribution in [2.45, 2.75) is 129 Å². The van der Waals surface area contributed by atoms with Gasteiger partial charge in [0.25, 0.3) is 0 Å². The van der Waals surface area contributed by atoms with Crippen molar-refractivity contribution in [1.82, 2.24) is 0 Å². The van der Waals surface area contributed by atoms with Crippen LogP contribution in [0.5, 0.6) is 0 Å². The molecule has 2 aromatic rings. The molecule has 0 amide bonds. The molecule has 0 radical (unpaired) electrons. The summed E-state index contributed by atoms with van der Waals surface area (Å²) in [4.78, 5) is 0. The third-order valence-electron chi connectivity index (χ3n) is 7.07. The third-order valence-corrected chi connectivity index (χ3v) is 7.07. The Balaban J connectivity index is 1.35. The van der Waals surface area contributed by atoms with Crippen molar-refractivity contribution in [2.75, 3.05) is 0 Å². The van der Waals surface area contributed by atoms with Gasteiger partial charge in [0.2, 0.25) is 0 Å². The van der Waals surface area contributed by atoms with Crippen LogP contribution in [0.15, 0.2) is 54.6 Å². The van der Waals surface area contributed by atoms with Crippen molar-refractivity contribution < 1.29 is 0 Å². The SMILES string of the molecule is CCCCCCCCCCCCCCCCCCCCc1ccc(C=Cc2ccccc2)cc1. The standard InChI is InChI=1S/C34H52/c1-2-3-4-5-6-7-8-9-10-11-12-13-14-15-16-17-18-20-25-33-27-30-34(31-28-33)29-26-32-23-21-19-22-24-32/h19,21-24,26-31H,2-18,20,25H2,1H3. The second-order valence-electron chi connectivity index (χ2n) is 10.2. The predicted molar refractivity (Wildman–Crippen MR) is 154 cm³/mol. The molecule has 0 spiro atoms. The smallest absolute Gasteiger partial charge is 0.0256 e. The summed E-state index contributed by atoms with van der Waals surface area (Å²) in [5, 5.41) is 0. The van der Waals surface area contributed by atoms with Crippen LogP contribution in [0.3, 0.4) is 0 Å². The molecule has 2 rings (SSSR count). The largest absolute Gasteiger partial charge is 0.0654 e. The zero-order valence-corrected chi connectivity index (χ0v) is 22.3. The van der Waals surface area contributed by atoms with E-state index in [1.807, 2.05) is 0 Å². The fourth-order valence-electron chi connectivity index (χ4n) is 4.78. The second-order valence-corrected chi connectivity index (χ2v) is 10.2. The molecule has 0 atom stereocenters. The highest BCUT2D eigenvalue weighted by Crippen LogP contribution is 2.16. The predicted octanol–water partition coefficient (Wildman–Crippen LogP) is 11.4.